The lowest BCUT2D eigenvalue weighted by Crippen LogP contribution is -2.36. The zero-order chi connectivity index (χ0) is 9.52. The lowest BCUT2D eigenvalue weighted by atomic mass is 10.1. The molecule has 1 aliphatic heterocycles. The van der Waals surface area contributed by atoms with Crippen molar-refractivity contribution in [2.45, 2.75) is 25.3 Å². The van der Waals surface area contributed by atoms with Crippen LogP contribution in [0.5, 0.6) is 0 Å². The molecule has 1 rings (SSSR count). The third-order valence-corrected chi connectivity index (χ3v) is 2.16. The Morgan fingerprint density at radius 3 is 2.85 bits per heavy atom. The van der Waals surface area contributed by atoms with Gasteiger partial charge in [0.15, 0.2) is 0 Å². The van der Waals surface area contributed by atoms with E-state index in [9.17, 15) is 0 Å². The van der Waals surface area contributed by atoms with Crippen LogP contribution in [0, 0.1) is 0 Å². The molecule has 0 radical (unpaired) electrons. The zero-order valence-electron chi connectivity index (χ0n) is 7.70. The molecular formula is C8H17N3O2. The molecule has 0 aromatic rings. The highest BCUT2D eigenvalue weighted by Gasteiger charge is 2.12. The van der Waals surface area contributed by atoms with Gasteiger partial charge in [0.25, 0.3) is 0 Å². The first-order valence-electron chi connectivity index (χ1n) is 4.60. The minimum Gasteiger partial charge on any atom is -0.409 e. The van der Waals surface area contributed by atoms with Crippen LogP contribution < -0.4 is 11.1 Å². The number of rotatable bonds is 4. The summed E-state index contributed by atoms with van der Waals surface area (Å²) in [4.78, 5) is 0. The molecule has 0 unspecified atom stereocenters. The van der Waals surface area contributed by atoms with Gasteiger partial charge in [0.2, 0.25) is 0 Å². The smallest absolute Gasteiger partial charge is 0.140 e. The molecule has 5 heteroatoms. The van der Waals surface area contributed by atoms with Gasteiger partial charge in [-0.2, -0.15) is 0 Å². The Kier molecular flexibility index (Phi) is 4.56. The Labute approximate surface area is 77.9 Å². The van der Waals surface area contributed by atoms with E-state index in [0.29, 0.717) is 12.5 Å². The first-order chi connectivity index (χ1) is 6.33. The number of nitrogens with one attached hydrogen (secondary N) is 1. The van der Waals surface area contributed by atoms with Crippen LogP contribution >= 0.6 is 0 Å². The van der Waals surface area contributed by atoms with E-state index in [0.717, 1.165) is 32.6 Å². The molecule has 5 nitrogen and oxygen atoms in total. The standard InChI is InChI=1S/C8H17N3O2/c9-8(11-12)1-4-10-7-2-5-13-6-3-7/h7,10,12H,1-6H2,(H2,9,11). The maximum absolute atomic E-state index is 8.29. The van der Waals surface area contributed by atoms with Gasteiger partial charge in [-0.1, -0.05) is 5.16 Å². The molecule has 1 aliphatic rings. The van der Waals surface area contributed by atoms with Crippen LogP contribution in [0.15, 0.2) is 5.16 Å². The molecule has 4 N–H and O–H groups in total. The lowest BCUT2D eigenvalue weighted by molar-refractivity contribution is 0.0783. The van der Waals surface area contributed by atoms with Crippen molar-refractivity contribution in [1.29, 1.82) is 0 Å². The molecule has 0 bridgehead atoms. The van der Waals surface area contributed by atoms with Crippen molar-refractivity contribution in [2.24, 2.45) is 10.9 Å². The van der Waals surface area contributed by atoms with Crippen molar-refractivity contribution < 1.29 is 9.94 Å². The van der Waals surface area contributed by atoms with E-state index in [1.54, 1.807) is 0 Å². The number of hydrogen-bond acceptors (Lipinski definition) is 4. The summed E-state index contributed by atoms with van der Waals surface area (Å²) in [6.07, 6.45) is 2.69. The molecule has 76 valence electrons. The molecule has 1 heterocycles. The fraction of sp³-hybridized carbons (Fsp3) is 0.875. The third-order valence-electron chi connectivity index (χ3n) is 2.16. The first kappa shape index (κ1) is 10.3. The van der Waals surface area contributed by atoms with Crippen molar-refractivity contribution in [2.75, 3.05) is 19.8 Å². The normalized spacial score (nSPS) is 20.5. The van der Waals surface area contributed by atoms with E-state index in [-0.39, 0.29) is 5.84 Å². The second kappa shape index (κ2) is 5.77. The Balaban J connectivity index is 2.04. The Morgan fingerprint density at radius 2 is 2.23 bits per heavy atom. The van der Waals surface area contributed by atoms with Crippen LogP contribution in [0.25, 0.3) is 0 Å². The second-order valence-corrected chi connectivity index (χ2v) is 3.18. The van der Waals surface area contributed by atoms with E-state index in [1.807, 2.05) is 0 Å². The number of nitrogens with zero attached hydrogens (tertiary/aromatic N) is 1. The van der Waals surface area contributed by atoms with Crippen molar-refractivity contribution in [3.8, 4) is 0 Å². The molecule has 1 fully saturated rings. The van der Waals surface area contributed by atoms with Crippen LogP contribution in [-0.2, 0) is 4.74 Å². The average Bonchev–Trinajstić information content (AvgIpc) is 2.19. The lowest BCUT2D eigenvalue weighted by Gasteiger charge is -2.22. The maximum atomic E-state index is 8.29. The van der Waals surface area contributed by atoms with E-state index < -0.39 is 0 Å². The number of nitrogens with two attached hydrogens (primary N) is 1. The summed E-state index contributed by atoms with van der Waals surface area (Å²) in [5.74, 6) is 0.277. The van der Waals surface area contributed by atoms with Gasteiger partial charge < -0.3 is 21.0 Å². The quantitative estimate of drug-likeness (QED) is 0.248. The van der Waals surface area contributed by atoms with E-state index in [2.05, 4.69) is 10.5 Å². The van der Waals surface area contributed by atoms with E-state index in [4.69, 9.17) is 15.7 Å². The summed E-state index contributed by atoms with van der Waals surface area (Å²) in [6.45, 7) is 2.43. The summed E-state index contributed by atoms with van der Waals surface area (Å²) in [5, 5.41) is 14.5. The minimum atomic E-state index is 0.277. The van der Waals surface area contributed by atoms with Crippen LogP contribution in [0.2, 0.25) is 0 Å². The summed E-state index contributed by atoms with van der Waals surface area (Å²) >= 11 is 0. The van der Waals surface area contributed by atoms with Crippen molar-refractivity contribution in [1.82, 2.24) is 5.32 Å². The fourth-order valence-electron chi connectivity index (χ4n) is 1.36. The molecule has 0 amide bonds. The van der Waals surface area contributed by atoms with Crippen LogP contribution in [0.3, 0.4) is 0 Å². The molecule has 1 saturated heterocycles. The molecule has 0 saturated carbocycles. The van der Waals surface area contributed by atoms with Gasteiger partial charge in [-0.3, -0.25) is 0 Å². The fourth-order valence-corrected chi connectivity index (χ4v) is 1.36. The highest BCUT2D eigenvalue weighted by molar-refractivity contribution is 5.79. The number of amidine groups is 1. The third kappa shape index (κ3) is 4.10. The van der Waals surface area contributed by atoms with Crippen molar-refractivity contribution >= 4 is 5.84 Å². The molecule has 0 spiro atoms. The largest absolute Gasteiger partial charge is 0.409 e. The SMILES string of the molecule is NC(CCNC1CCOCC1)=NO. The van der Waals surface area contributed by atoms with E-state index >= 15 is 0 Å². The minimum absolute atomic E-state index is 0.277. The topological polar surface area (TPSA) is 79.9 Å². The van der Waals surface area contributed by atoms with Gasteiger partial charge in [0, 0.05) is 32.2 Å². The van der Waals surface area contributed by atoms with Gasteiger partial charge in [0.1, 0.15) is 5.84 Å². The first-order valence-corrected chi connectivity index (χ1v) is 4.60. The second-order valence-electron chi connectivity index (χ2n) is 3.18. The highest BCUT2D eigenvalue weighted by Crippen LogP contribution is 2.05. The maximum Gasteiger partial charge on any atom is 0.140 e. The number of oxime groups is 1. The molecule has 13 heavy (non-hydrogen) atoms. The van der Waals surface area contributed by atoms with Crippen LogP contribution in [-0.4, -0.2) is 36.8 Å². The summed E-state index contributed by atoms with van der Waals surface area (Å²) in [7, 11) is 0. The highest BCUT2D eigenvalue weighted by atomic mass is 16.5. The number of ether oxygens (including phenoxy) is 1. The van der Waals surface area contributed by atoms with Gasteiger partial charge in [-0.05, 0) is 12.8 Å². The summed E-state index contributed by atoms with van der Waals surface area (Å²) in [5.41, 5.74) is 5.32. The predicted molar refractivity (Wildman–Crippen MR) is 49.9 cm³/mol. The van der Waals surface area contributed by atoms with Crippen LogP contribution in [0.4, 0.5) is 0 Å². The summed E-state index contributed by atoms with van der Waals surface area (Å²) in [6, 6.07) is 0.528. The van der Waals surface area contributed by atoms with Gasteiger partial charge in [-0.25, -0.2) is 0 Å². The van der Waals surface area contributed by atoms with E-state index in [1.165, 1.54) is 0 Å². The zero-order valence-corrected chi connectivity index (χ0v) is 7.70. The molecule has 0 aliphatic carbocycles. The van der Waals surface area contributed by atoms with Crippen molar-refractivity contribution in [3.05, 3.63) is 0 Å². The predicted octanol–water partition coefficient (Wildman–Crippen LogP) is -0.109. The molecule has 0 aromatic heterocycles. The Bertz CT molecular complexity index is 167. The Hall–Kier alpha value is -0.810. The van der Waals surface area contributed by atoms with Gasteiger partial charge >= 0.3 is 0 Å². The van der Waals surface area contributed by atoms with Gasteiger partial charge in [0.05, 0.1) is 0 Å². The molecule has 0 atom stereocenters. The number of hydrogen-bond donors (Lipinski definition) is 3. The summed E-state index contributed by atoms with van der Waals surface area (Å²) < 4.78 is 5.22. The Morgan fingerprint density at radius 1 is 1.54 bits per heavy atom. The van der Waals surface area contributed by atoms with Gasteiger partial charge in [-0.15, -0.1) is 0 Å². The molecular weight excluding hydrogens is 170 g/mol. The molecule has 0 aromatic carbocycles. The van der Waals surface area contributed by atoms with Crippen LogP contribution in [0.1, 0.15) is 19.3 Å². The van der Waals surface area contributed by atoms with Crippen molar-refractivity contribution in [3.63, 3.8) is 0 Å². The monoisotopic (exact) mass is 187 g/mol. The average molecular weight is 187 g/mol.